The van der Waals surface area contributed by atoms with Crippen LogP contribution in [-0.4, -0.2) is 9.97 Å². The molecule has 1 aromatic heterocycles. The first-order chi connectivity index (χ1) is 7.68. The lowest BCUT2D eigenvalue weighted by Gasteiger charge is -2.06. The van der Waals surface area contributed by atoms with E-state index >= 15 is 0 Å². The average Bonchev–Trinajstić information content (AvgIpc) is 2.28. The Balaban J connectivity index is 2.38. The SMILES string of the molecule is O=c1[nH]cnc(Oc2ccccc2Br)c1Br. The summed E-state index contributed by atoms with van der Waals surface area (Å²) in [6.45, 7) is 0. The molecule has 82 valence electrons. The third-order valence-electron chi connectivity index (χ3n) is 1.81. The fraction of sp³-hybridized carbons (Fsp3) is 0. The predicted octanol–water partition coefficient (Wildman–Crippen LogP) is 3.09. The van der Waals surface area contributed by atoms with E-state index in [1.165, 1.54) is 6.33 Å². The van der Waals surface area contributed by atoms with Crippen molar-refractivity contribution < 1.29 is 4.74 Å². The third-order valence-corrected chi connectivity index (χ3v) is 3.16. The monoisotopic (exact) mass is 344 g/mol. The lowest BCUT2D eigenvalue weighted by molar-refractivity contribution is 0.454. The Labute approximate surface area is 108 Å². The molecule has 0 aliphatic rings. The zero-order valence-corrected chi connectivity index (χ0v) is 11.1. The van der Waals surface area contributed by atoms with Gasteiger partial charge in [0.1, 0.15) is 10.2 Å². The highest BCUT2D eigenvalue weighted by Crippen LogP contribution is 2.30. The van der Waals surface area contributed by atoms with Crippen molar-refractivity contribution in [3.05, 3.63) is 49.9 Å². The molecule has 0 radical (unpaired) electrons. The lowest BCUT2D eigenvalue weighted by Crippen LogP contribution is -2.08. The van der Waals surface area contributed by atoms with Crippen LogP contribution in [0.3, 0.4) is 0 Å². The van der Waals surface area contributed by atoms with Crippen molar-refractivity contribution >= 4 is 31.9 Å². The molecule has 0 saturated heterocycles. The van der Waals surface area contributed by atoms with Crippen LogP contribution in [0.15, 0.2) is 44.3 Å². The van der Waals surface area contributed by atoms with Crippen LogP contribution in [-0.2, 0) is 0 Å². The van der Waals surface area contributed by atoms with Gasteiger partial charge < -0.3 is 9.72 Å². The normalized spacial score (nSPS) is 10.1. The first kappa shape index (κ1) is 11.3. The summed E-state index contributed by atoms with van der Waals surface area (Å²) in [5.41, 5.74) is -0.281. The number of rotatable bonds is 2. The molecular formula is C10H6Br2N2O2. The molecule has 4 nitrogen and oxygen atoms in total. The van der Waals surface area contributed by atoms with Gasteiger partial charge in [0.2, 0.25) is 5.88 Å². The van der Waals surface area contributed by atoms with Gasteiger partial charge in [0.15, 0.2) is 0 Å². The Hall–Kier alpha value is -1.14. The van der Waals surface area contributed by atoms with Crippen LogP contribution in [0.1, 0.15) is 0 Å². The summed E-state index contributed by atoms with van der Waals surface area (Å²) in [6.07, 6.45) is 1.29. The van der Waals surface area contributed by atoms with Crippen LogP contribution in [0.5, 0.6) is 11.6 Å². The molecule has 0 aliphatic heterocycles. The summed E-state index contributed by atoms with van der Waals surface area (Å²) >= 11 is 6.46. The Morgan fingerprint density at radius 1 is 1.25 bits per heavy atom. The van der Waals surface area contributed by atoms with Crippen molar-refractivity contribution in [1.29, 1.82) is 0 Å². The molecule has 16 heavy (non-hydrogen) atoms. The number of ether oxygens (including phenoxy) is 1. The number of aromatic amines is 1. The summed E-state index contributed by atoms with van der Waals surface area (Å²) in [7, 11) is 0. The van der Waals surface area contributed by atoms with Crippen molar-refractivity contribution in [3.8, 4) is 11.6 Å². The summed E-state index contributed by atoms with van der Waals surface area (Å²) < 4.78 is 6.56. The van der Waals surface area contributed by atoms with Gasteiger partial charge in [-0.3, -0.25) is 4.79 Å². The maximum absolute atomic E-state index is 11.3. The summed E-state index contributed by atoms with van der Waals surface area (Å²) in [6, 6.07) is 7.33. The maximum Gasteiger partial charge on any atom is 0.268 e. The molecule has 0 fully saturated rings. The van der Waals surface area contributed by atoms with Crippen LogP contribution >= 0.6 is 31.9 Å². The van der Waals surface area contributed by atoms with Gasteiger partial charge in [-0.2, -0.15) is 0 Å². The average molecular weight is 346 g/mol. The maximum atomic E-state index is 11.3. The molecule has 0 atom stereocenters. The van der Waals surface area contributed by atoms with Crippen LogP contribution in [0.4, 0.5) is 0 Å². The van der Waals surface area contributed by atoms with Gasteiger partial charge in [0, 0.05) is 0 Å². The third kappa shape index (κ3) is 2.33. The van der Waals surface area contributed by atoms with Gasteiger partial charge in [-0.15, -0.1) is 0 Å². The van der Waals surface area contributed by atoms with Gasteiger partial charge in [-0.25, -0.2) is 4.98 Å². The van der Waals surface area contributed by atoms with Gasteiger partial charge in [0.05, 0.1) is 10.8 Å². The molecule has 1 heterocycles. The van der Waals surface area contributed by atoms with Gasteiger partial charge in [-0.05, 0) is 44.0 Å². The number of aromatic nitrogens is 2. The molecule has 0 amide bonds. The highest BCUT2D eigenvalue weighted by molar-refractivity contribution is 9.11. The van der Waals surface area contributed by atoms with Crippen LogP contribution < -0.4 is 10.3 Å². The van der Waals surface area contributed by atoms with Crippen molar-refractivity contribution in [2.75, 3.05) is 0 Å². The summed E-state index contributed by atoms with van der Waals surface area (Å²) in [5.74, 6) is 0.831. The summed E-state index contributed by atoms with van der Waals surface area (Å²) in [5, 5.41) is 0. The zero-order valence-electron chi connectivity index (χ0n) is 7.91. The second-order valence-electron chi connectivity index (χ2n) is 2.88. The van der Waals surface area contributed by atoms with Crippen LogP contribution in [0.2, 0.25) is 0 Å². The molecule has 0 saturated carbocycles. The number of benzene rings is 1. The minimum atomic E-state index is -0.281. The molecule has 1 N–H and O–H groups in total. The molecule has 2 aromatic rings. The number of hydrogen-bond acceptors (Lipinski definition) is 3. The lowest BCUT2D eigenvalue weighted by atomic mass is 10.3. The highest BCUT2D eigenvalue weighted by Gasteiger charge is 2.09. The van der Waals surface area contributed by atoms with E-state index in [-0.39, 0.29) is 15.9 Å². The van der Waals surface area contributed by atoms with Crippen molar-refractivity contribution in [2.24, 2.45) is 0 Å². The first-order valence-corrected chi connectivity index (χ1v) is 5.92. The minimum absolute atomic E-state index is 0.232. The zero-order chi connectivity index (χ0) is 11.5. The Kier molecular flexibility index (Phi) is 3.40. The Morgan fingerprint density at radius 2 is 2.00 bits per heavy atom. The topological polar surface area (TPSA) is 55.0 Å². The number of nitrogens with zero attached hydrogens (tertiary/aromatic N) is 1. The number of halogens is 2. The second-order valence-corrected chi connectivity index (χ2v) is 4.53. The second kappa shape index (κ2) is 4.80. The molecular weight excluding hydrogens is 340 g/mol. The Morgan fingerprint density at radius 3 is 2.75 bits per heavy atom. The molecule has 1 aromatic carbocycles. The van der Waals surface area contributed by atoms with E-state index in [2.05, 4.69) is 41.8 Å². The fourth-order valence-corrected chi connectivity index (χ4v) is 1.73. The number of para-hydroxylation sites is 1. The smallest absolute Gasteiger partial charge is 0.268 e. The fourth-order valence-electron chi connectivity index (χ4n) is 1.07. The van der Waals surface area contributed by atoms with E-state index in [4.69, 9.17) is 4.74 Å². The Bertz CT molecular complexity index is 569. The van der Waals surface area contributed by atoms with Crippen molar-refractivity contribution in [3.63, 3.8) is 0 Å². The van der Waals surface area contributed by atoms with Gasteiger partial charge in [0.25, 0.3) is 5.56 Å². The van der Waals surface area contributed by atoms with E-state index in [9.17, 15) is 4.79 Å². The predicted molar refractivity (Wildman–Crippen MR) is 66.8 cm³/mol. The molecule has 0 spiro atoms. The minimum Gasteiger partial charge on any atom is -0.436 e. The van der Waals surface area contributed by atoms with Crippen molar-refractivity contribution in [2.45, 2.75) is 0 Å². The first-order valence-electron chi connectivity index (χ1n) is 4.34. The molecule has 0 aliphatic carbocycles. The molecule has 2 rings (SSSR count). The van der Waals surface area contributed by atoms with E-state index in [1.807, 2.05) is 18.2 Å². The molecule has 0 unspecified atom stereocenters. The number of hydrogen-bond donors (Lipinski definition) is 1. The largest absolute Gasteiger partial charge is 0.436 e. The van der Waals surface area contributed by atoms with Crippen molar-refractivity contribution in [1.82, 2.24) is 9.97 Å². The molecule has 6 heteroatoms. The highest BCUT2D eigenvalue weighted by atomic mass is 79.9. The van der Waals surface area contributed by atoms with Gasteiger partial charge >= 0.3 is 0 Å². The number of H-pyrrole nitrogens is 1. The quantitative estimate of drug-likeness (QED) is 0.909. The van der Waals surface area contributed by atoms with E-state index in [1.54, 1.807) is 6.07 Å². The standard InChI is InChI=1S/C10H6Br2N2O2/c11-6-3-1-2-4-7(6)16-10-8(12)9(15)13-5-14-10/h1-5H,(H,13,14,15). The molecule has 0 bridgehead atoms. The number of nitrogens with one attached hydrogen (secondary N) is 1. The van der Waals surface area contributed by atoms with E-state index < -0.39 is 0 Å². The van der Waals surface area contributed by atoms with E-state index in [0.29, 0.717) is 5.75 Å². The van der Waals surface area contributed by atoms with Crippen LogP contribution in [0, 0.1) is 0 Å². The van der Waals surface area contributed by atoms with E-state index in [0.717, 1.165) is 4.47 Å². The summed E-state index contributed by atoms with van der Waals surface area (Å²) in [4.78, 5) is 17.6. The van der Waals surface area contributed by atoms with Gasteiger partial charge in [-0.1, -0.05) is 12.1 Å². The van der Waals surface area contributed by atoms with Crippen LogP contribution in [0.25, 0.3) is 0 Å².